The minimum absolute atomic E-state index is 0.707. The number of aryl methyl sites for hydroxylation is 1. The van der Waals surface area contributed by atoms with Gasteiger partial charge in [-0.3, -0.25) is 0 Å². The molecule has 0 aliphatic rings. The third kappa shape index (κ3) is 1.96. The minimum Gasteiger partial charge on any atom is -0.308 e. The normalized spacial score (nSPS) is 10.8. The molecule has 90 valence electrons. The van der Waals surface area contributed by atoms with E-state index in [1.807, 2.05) is 5.38 Å². The average molecular weight is 255 g/mol. The minimum atomic E-state index is 0.707. The molecule has 1 heterocycles. The quantitative estimate of drug-likeness (QED) is 0.544. The van der Waals surface area contributed by atoms with E-state index in [-0.39, 0.29) is 0 Å². The summed E-state index contributed by atoms with van der Waals surface area (Å²) in [6.45, 7) is 2.10. The summed E-state index contributed by atoms with van der Waals surface area (Å²) in [5.74, 6) is 6.05. The van der Waals surface area contributed by atoms with Crippen LogP contribution in [0, 0.1) is 6.92 Å². The van der Waals surface area contributed by atoms with Crippen molar-refractivity contribution in [1.29, 1.82) is 0 Å². The second-order valence-electron chi connectivity index (χ2n) is 4.25. The number of aromatic nitrogens is 1. The number of hydrazine groups is 1. The van der Waals surface area contributed by atoms with E-state index < -0.39 is 0 Å². The number of benzene rings is 2. The fraction of sp³-hybridized carbons (Fsp3) is 0.0714. The molecule has 3 nitrogen and oxygen atoms in total. The summed E-state index contributed by atoms with van der Waals surface area (Å²) in [6.07, 6.45) is 0. The smallest absolute Gasteiger partial charge is 0.151 e. The highest BCUT2D eigenvalue weighted by Gasteiger charge is 2.04. The van der Waals surface area contributed by atoms with Gasteiger partial charge in [0.25, 0.3) is 0 Å². The molecule has 0 radical (unpaired) electrons. The van der Waals surface area contributed by atoms with Crippen LogP contribution in [0.15, 0.2) is 41.8 Å². The van der Waals surface area contributed by atoms with Gasteiger partial charge in [-0.1, -0.05) is 35.9 Å². The van der Waals surface area contributed by atoms with Crippen molar-refractivity contribution in [3.05, 3.63) is 47.3 Å². The standard InChI is InChI=1S/C14H13N3S/c1-9-2-3-11-7-12(5-4-10(11)6-9)14-16-13(17-15)8-18-14/h2-8,17H,15H2,1H3. The van der Waals surface area contributed by atoms with Gasteiger partial charge in [0.15, 0.2) is 5.82 Å². The van der Waals surface area contributed by atoms with E-state index in [1.54, 1.807) is 11.3 Å². The lowest BCUT2D eigenvalue weighted by atomic mass is 10.1. The van der Waals surface area contributed by atoms with Crippen LogP contribution in [-0.4, -0.2) is 4.98 Å². The molecule has 18 heavy (non-hydrogen) atoms. The maximum atomic E-state index is 5.34. The van der Waals surface area contributed by atoms with Crippen molar-refractivity contribution in [3.8, 4) is 10.6 Å². The van der Waals surface area contributed by atoms with E-state index in [0.29, 0.717) is 5.82 Å². The SMILES string of the molecule is Cc1ccc2cc(-c3nc(NN)cs3)ccc2c1. The van der Waals surface area contributed by atoms with E-state index in [2.05, 4.69) is 53.7 Å². The third-order valence-electron chi connectivity index (χ3n) is 2.89. The predicted octanol–water partition coefficient (Wildman–Crippen LogP) is 3.56. The van der Waals surface area contributed by atoms with E-state index in [9.17, 15) is 0 Å². The third-order valence-corrected chi connectivity index (χ3v) is 3.79. The second kappa shape index (κ2) is 4.40. The Balaban J connectivity index is 2.10. The molecular formula is C14H13N3S. The van der Waals surface area contributed by atoms with E-state index in [4.69, 9.17) is 5.84 Å². The highest BCUT2D eigenvalue weighted by atomic mass is 32.1. The topological polar surface area (TPSA) is 50.9 Å². The Kier molecular flexibility index (Phi) is 2.74. The zero-order valence-electron chi connectivity index (χ0n) is 9.97. The lowest BCUT2D eigenvalue weighted by Crippen LogP contribution is -2.06. The Morgan fingerprint density at radius 1 is 1.11 bits per heavy atom. The zero-order valence-corrected chi connectivity index (χ0v) is 10.8. The molecule has 0 unspecified atom stereocenters. The van der Waals surface area contributed by atoms with Gasteiger partial charge in [-0.05, 0) is 23.8 Å². The number of hydrogen-bond donors (Lipinski definition) is 2. The highest BCUT2D eigenvalue weighted by molar-refractivity contribution is 7.13. The number of hydrogen-bond acceptors (Lipinski definition) is 4. The average Bonchev–Trinajstić information content (AvgIpc) is 2.87. The van der Waals surface area contributed by atoms with E-state index in [0.717, 1.165) is 10.6 Å². The van der Waals surface area contributed by atoms with Crippen molar-refractivity contribution in [2.24, 2.45) is 5.84 Å². The second-order valence-corrected chi connectivity index (χ2v) is 5.11. The molecule has 0 amide bonds. The lowest BCUT2D eigenvalue weighted by Gasteiger charge is -2.02. The van der Waals surface area contributed by atoms with Crippen LogP contribution in [0.1, 0.15) is 5.56 Å². The summed E-state index contributed by atoms with van der Waals surface area (Å²) in [5, 5.41) is 5.38. The van der Waals surface area contributed by atoms with Gasteiger partial charge in [-0.15, -0.1) is 11.3 Å². The number of nitrogens with zero attached hydrogens (tertiary/aromatic N) is 1. The Hall–Kier alpha value is -1.91. The van der Waals surface area contributed by atoms with Crippen molar-refractivity contribution < 1.29 is 0 Å². The maximum absolute atomic E-state index is 5.34. The van der Waals surface area contributed by atoms with Crippen LogP contribution in [0.4, 0.5) is 5.82 Å². The number of nitrogens with two attached hydrogens (primary N) is 1. The number of fused-ring (bicyclic) bond motifs is 1. The molecule has 0 bridgehead atoms. The molecule has 3 rings (SSSR count). The number of rotatable bonds is 2. The van der Waals surface area contributed by atoms with E-state index >= 15 is 0 Å². The van der Waals surface area contributed by atoms with Crippen LogP contribution < -0.4 is 11.3 Å². The monoisotopic (exact) mass is 255 g/mol. The first-order valence-corrected chi connectivity index (χ1v) is 6.57. The van der Waals surface area contributed by atoms with Gasteiger partial charge in [-0.25, -0.2) is 10.8 Å². The lowest BCUT2D eigenvalue weighted by molar-refractivity contribution is 1.27. The fourth-order valence-corrected chi connectivity index (χ4v) is 2.73. The van der Waals surface area contributed by atoms with Crippen LogP contribution in [0.5, 0.6) is 0 Å². The molecule has 0 aliphatic carbocycles. The molecule has 4 heteroatoms. The molecule has 0 saturated carbocycles. The van der Waals surface area contributed by atoms with Crippen molar-refractivity contribution in [1.82, 2.24) is 4.98 Å². The summed E-state index contributed by atoms with van der Waals surface area (Å²) < 4.78 is 0. The van der Waals surface area contributed by atoms with Gasteiger partial charge < -0.3 is 5.43 Å². The van der Waals surface area contributed by atoms with Crippen LogP contribution >= 0.6 is 11.3 Å². The first-order valence-electron chi connectivity index (χ1n) is 5.69. The summed E-state index contributed by atoms with van der Waals surface area (Å²) >= 11 is 1.59. The first kappa shape index (κ1) is 11.2. The fourth-order valence-electron chi connectivity index (χ4n) is 1.97. The number of thiazole rings is 1. The molecular weight excluding hydrogens is 242 g/mol. The molecule has 0 atom stereocenters. The molecule has 1 aromatic heterocycles. The Labute approximate surface area is 109 Å². The van der Waals surface area contributed by atoms with Crippen molar-refractivity contribution in [2.75, 3.05) is 5.43 Å². The Morgan fingerprint density at radius 2 is 1.89 bits per heavy atom. The predicted molar refractivity (Wildman–Crippen MR) is 77.6 cm³/mol. The number of anilines is 1. The van der Waals surface area contributed by atoms with Gasteiger partial charge >= 0.3 is 0 Å². The van der Waals surface area contributed by atoms with Crippen LogP contribution in [0.3, 0.4) is 0 Å². The van der Waals surface area contributed by atoms with Crippen molar-refractivity contribution in [3.63, 3.8) is 0 Å². The van der Waals surface area contributed by atoms with Crippen molar-refractivity contribution >= 4 is 27.9 Å². The number of nitrogens with one attached hydrogen (secondary N) is 1. The van der Waals surface area contributed by atoms with Crippen LogP contribution in [0.25, 0.3) is 21.3 Å². The molecule has 3 aromatic rings. The summed E-state index contributed by atoms with van der Waals surface area (Å²) in [4.78, 5) is 4.41. The van der Waals surface area contributed by atoms with Gasteiger partial charge in [0, 0.05) is 10.9 Å². The van der Waals surface area contributed by atoms with Gasteiger partial charge in [0.05, 0.1) is 0 Å². The Morgan fingerprint density at radius 3 is 2.67 bits per heavy atom. The maximum Gasteiger partial charge on any atom is 0.151 e. The molecule has 0 saturated heterocycles. The zero-order chi connectivity index (χ0) is 12.5. The van der Waals surface area contributed by atoms with Crippen molar-refractivity contribution in [2.45, 2.75) is 6.92 Å². The summed E-state index contributed by atoms with van der Waals surface area (Å²) in [5.41, 5.74) is 4.96. The molecule has 0 aliphatic heterocycles. The molecule has 0 spiro atoms. The van der Waals surface area contributed by atoms with Gasteiger partial charge in [0.1, 0.15) is 5.01 Å². The van der Waals surface area contributed by atoms with Gasteiger partial charge in [-0.2, -0.15) is 0 Å². The van der Waals surface area contributed by atoms with E-state index in [1.165, 1.54) is 16.3 Å². The van der Waals surface area contributed by atoms with Crippen LogP contribution in [0.2, 0.25) is 0 Å². The Bertz CT molecular complexity index is 703. The highest BCUT2D eigenvalue weighted by Crippen LogP contribution is 2.28. The summed E-state index contributed by atoms with van der Waals surface area (Å²) in [7, 11) is 0. The molecule has 0 fully saturated rings. The van der Waals surface area contributed by atoms with Crippen LogP contribution in [-0.2, 0) is 0 Å². The molecule has 2 aromatic carbocycles. The first-order chi connectivity index (χ1) is 8.76. The molecule has 3 N–H and O–H groups in total. The largest absolute Gasteiger partial charge is 0.308 e. The summed E-state index contributed by atoms with van der Waals surface area (Å²) in [6, 6.07) is 12.8. The van der Waals surface area contributed by atoms with Gasteiger partial charge in [0.2, 0.25) is 0 Å². The number of nitrogen functional groups attached to an aromatic ring is 1.